The molecule has 0 heterocycles. The molecule has 0 spiro atoms. The Balaban J connectivity index is 2.13. The largest absolute Gasteiger partial charge is 0.314 e. The highest BCUT2D eigenvalue weighted by molar-refractivity contribution is 4.74. The molecule has 1 aliphatic carbocycles. The number of hydrogen-bond donors (Lipinski definition) is 1. The summed E-state index contributed by atoms with van der Waals surface area (Å²) in [6.07, 6.45) is 5.78. The Kier molecular flexibility index (Phi) is 4.94. The maximum atomic E-state index is 3.67. The van der Waals surface area contributed by atoms with Crippen LogP contribution < -0.4 is 5.32 Å². The van der Waals surface area contributed by atoms with Gasteiger partial charge in [0.05, 0.1) is 0 Å². The minimum Gasteiger partial charge on any atom is -0.314 e. The van der Waals surface area contributed by atoms with Gasteiger partial charge in [0.15, 0.2) is 0 Å². The quantitative estimate of drug-likeness (QED) is 0.728. The lowest BCUT2D eigenvalue weighted by atomic mass is 9.83. The van der Waals surface area contributed by atoms with E-state index in [9.17, 15) is 0 Å². The van der Waals surface area contributed by atoms with Crippen molar-refractivity contribution in [3.8, 4) is 0 Å². The van der Waals surface area contributed by atoms with Crippen molar-refractivity contribution < 1.29 is 0 Å². The van der Waals surface area contributed by atoms with Crippen molar-refractivity contribution in [1.29, 1.82) is 0 Å². The second-order valence-corrected chi connectivity index (χ2v) is 5.57. The minimum absolute atomic E-state index is 0.675. The van der Waals surface area contributed by atoms with E-state index in [-0.39, 0.29) is 0 Å². The number of rotatable bonds is 4. The van der Waals surface area contributed by atoms with E-state index < -0.39 is 0 Å². The number of nitrogens with one attached hydrogen (secondary N) is 1. The first kappa shape index (κ1) is 12.0. The van der Waals surface area contributed by atoms with E-state index in [1.54, 1.807) is 0 Å². The van der Waals surface area contributed by atoms with Gasteiger partial charge in [0.1, 0.15) is 0 Å². The van der Waals surface area contributed by atoms with E-state index >= 15 is 0 Å². The van der Waals surface area contributed by atoms with Crippen LogP contribution in [0.5, 0.6) is 0 Å². The second-order valence-electron chi connectivity index (χ2n) is 5.57. The van der Waals surface area contributed by atoms with Crippen LogP contribution in [0, 0.1) is 17.8 Å². The van der Waals surface area contributed by atoms with Gasteiger partial charge in [-0.2, -0.15) is 0 Å². The molecule has 0 aromatic rings. The standard InChI is InChI=1S/C13H27N/c1-10(2)12(4)14-9-13-7-5-11(3)6-8-13/h10-14H,5-9H2,1-4H3. The highest BCUT2D eigenvalue weighted by atomic mass is 14.9. The molecule has 14 heavy (non-hydrogen) atoms. The Morgan fingerprint density at radius 1 is 1.07 bits per heavy atom. The molecule has 1 unspecified atom stereocenters. The molecule has 1 fully saturated rings. The van der Waals surface area contributed by atoms with Crippen LogP contribution in [-0.2, 0) is 0 Å². The first-order chi connectivity index (χ1) is 6.59. The smallest absolute Gasteiger partial charge is 0.00618 e. The van der Waals surface area contributed by atoms with Gasteiger partial charge in [-0.25, -0.2) is 0 Å². The Bertz CT molecular complexity index is 145. The summed E-state index contributed by atoms with van der Waals surface area (Å²) < 4.78 is 0. The molecule has 0 saturated heterocycles. The fraction of sp³-hybridized carbons (Fsp3) is 1.00. The van der Waals surface area contributed by atoms with E-state index in [0.29, 0.717) is 6.04 Å². The van der Waals surface area contributed by atoms with Crippen LogP contribution in [0.15, 0.2) is 0 Å². The molecule has 0 aromatic carbocycles. The van der Waals surface area contributed by atoms with E-state index in [1.807, 2.05) is 0 Å². The first-order valence-electron chi connectivity index (χ1n) is 6.33. The molecule has 84 valence electrons. The Morgan fingerprint density at radius 3 is 2.14 bits per heavy atom. The molecule has 0 bridgehead atoms. The summed E-state index contributed by atoms with van der Waals surface area (Å²) in [6.45, 7) is 10.5. The van der Waals surface area contributed by atoms with Crippen molar-refractivity contribution in [1.82, 2.24) is 5.32 Å². The summed E-state index contributed by atoms with van der Waals surface area (Å²) >= 11 is 0. The molecule has 1 nitrogen and oxygen atoms in total. The van der Waals surface area contributed by atoms with Gasteiger partial charge in [0.2, 0.25) is 0 Å². The summed E-state index contributed by atoms with van der Waals surface area (Å²) in [5, 5.41) is 3.67. The summed E-state index contributed by atoms with van der Waals surface area (Å²) in [6, 6.07) is 0.675. The maximum Gasteiger partial charge on any atom is 0.00618 e. The fourth-order valence-electron chi connectivity index (χ4n) is 2.12. The van der Waals surface area contributed by atoms with Gasteiger partial charge in [-0.05, 0) is 44.1 Å². The molecule has 0 radical (unpaired) electrons. The van der Waals surface area contributed by atoms with E-state index in [1.165, 1.54) is 32.2 Å². The van der Waals surface area contributed by atoms with Gasteiger partial charge in [-0.1, -0.05) is 33.6 Å². The molecule has 0 aliphatic heterocycles. The van der Waals surface area contributed by atoms with Gasteiger partial charge in [0.25, 0.3) is 0 Å². The number of hydrogen-bond acceptors (Lipinski definition) is 1. The molecule has 0 amide bonds. The lowest BCUT2D eigenvalue weighted by Gasteiger charge is -2.28. The fourth-order valence-corrected chi connectivity index (χ4v) is 2.12. The predicted octanol–water partition coefficient (Wildman–Crippen LogP) is 3.45. The van der Waals surface area contributed by atoms with Crippen molar-refractivity contribution in [3.05, 3.63) is 0 Å². The zero-order chi connectivity index (χ0) is 10.6. The first-order valence-corrected chi connectivity index (χ1v) is 6.33. The van der Waals surface area contributed by atoms with Crippen LogP contribution in [0.25, 0.3) is 0 Å². The van der Waals surface area contributed by atoms with Crippen LogP contribution in [0.3, 0.4) is 0 Å². The molecular weight excluding hydrogens is 170 g/mol. The SMILES string of the molecule is CC1CCC(CNC(C)C(C)C)CC1. The topological polar surface area (TPSA) is 12.0 Å². The minimum atomic E-state index is 0.675. The van der Waals surface area contributed by atoms with E-state index in [2.05, 4.69) is 33.0 Å². The average molecular weight is 197 g/mol. The van der Waals surface area contributed by atoms with Crippen LogP contribution in [-0.4, -0.2) is 12.6 Å². The third-order valence-electron chi connectivity index (χ3n) is 3.86. The molecular formula is C13H27N. The molecule has 1 atom stereocenters. The third kappa shape index (κ3) is 4.00. The molecule has 1 heteroatoms. The lowest BCUT2D eigenvalue weighted by molar-refractivity contribution is 0.267. The zero-order valence-electron chi connectivity index (χ0n) is 10.3. The average Bonchev–Trinajstić information content (AvgIpc) is 2.16. The van der Waals surface area contributed by atoms with Crippen LogP contribution >= 0.6 is 0 Å². The summed E-state index contributed by atoms with van der Waals surface area (Å²) in [7, 11) is 0. The van der Waals surface area contributed by atoms with Gasteiger partial charge < -0.3 is 5.32 Å². The lowest BCUT2D eigenvalue weighted by Crippen LogP contribution is -2.35. The summed E-state index contributed by atoms with van der Waals surface area (Å²) in [5.74, 6) is 2.69. The van der Waals surface area contributed by atoms with Gasteiger partial charge in [0, 0.05) is 6.04 Å². The van der Waals surface area contributed by atoms with Crippen molar-refractivity contribution in [3.63, 3.8) is 0 Å². The molecule has 1 N–H and O–H groups in total. The molecule has 1 aliphatic rings. The highest BCUT2D eigenvalue weighted by Gasteiger charge is 2.18. The van der Waals surface area contributed by atoms with Crippen LogP contribution in [0.2, 0.25) is 0 Å². The second kappa shape index (κ2) is 5.75. The summed E-state index contributed by atoms with van der Waals surface area (Å²) in [5.41, 5.74) is 0. The van der Waals surface area contributed by atoms with Gasteiger partial charge >= 0.3 is 0 Å². The molecule has 1 rings (SSSR count). The zero-order valence-corrected chi connectivity index (χ0v) is 10.3. The maximum absolute atomic E-state index is 3.67. The Labute approximate surface area is 89.7 Å². The monoisotopic (exact) mass is 197 g/mol. The normalized spacial score (nSPS) is 30.6. The Morgan fingerprint density at radius 2 is 1.64 bits per heavy atom. The Hall–Kier alpha value is -0.0400. The van der Waals surface area contributed by atoms with Crippen LogP contribution in [0.4, 0.5) is 0 Å². The van der Waals surface area contributed by atoms with E-state index in [4.69, 9.17) is 0 Å². The van der Waals surface area contributed by atoms with E-state index in [0.717, 1.165) is 17.8 Å². The predicted molar refractivity (Wildman–Crippen MR) is 63.4 cm³/mol. The third-order valence-corrected chi connectivity index (χ3v) is 3.86. The van der Waals surface area contributed by atoms with Crippen molar-refractivity contribution in [2.24, 2.45) is 17.8 Å². The van der Waals surface area contributed by atoms with Crippen molar-refractivity contribution in [2.75, 3.05) is 6.54 Å². The van der Waals surface area contributed by atoms with Crippen LogP contribution in [0.1, 0.15) is 53.4 Å². The molecule has 0 aromatic heterocycles. The molecule has 1 saturated carbocycles. The van der Waals surface area contributed by atoms with Crippen molar-refractivity contribution >= 4 is 0 Å². The van der Waals surface area contributed by atoms with Crippen molar-refractivity contribution in [2.45, 2.75) is 59.4 Å². The highest BCUT2D eigenvalue weighted by Crippen LogP contribution is 2.27. The van der Waals surface area contributed by atoms with Gasteiger partial charge in [-0.3, -0.25) is 0 Å². The van der Waals surface area contributed by atoms with Gasteiger partial charge in [-0.15, -0.1) is 0 Å². The summed E-state index contributed by atoms with van der Waals surface area (Å²) in [4.78, 5) is 0.